The number of pyridine rings is 1. The summed E-state index contributed by atoms with van der Waals surface area (Å²) in [6, 6.07) is 21.7. The van der Waals surface area contributed by atoms with Crippen molar-refractivity contribution in [1.82, 2.24) is 4.57 Å². The zero-order valence-electron chi connectivity index (χ0n) is 13.4. The minimum atomic E-state index is -0.0177. The highest BCUT2D eigenvalue weighted by molar-refractivity contribution is 6.06. The first-order chi connectivity index (χ1) is 12.3. The zero-order chi connectivity index (χ0) is 16.8. The van der Waals surface area contributed by atoms with E-state index < -0.39 is 0 Å². The summed E-state index contributed by atoms with van der Waals surface area (Å²) in [5.74, 6) is 1.32. The molecule has 1 aliphatic rings. The minimum Gasteiger partial charge on any atom is -0.454 e. The van der Waals surface area contributed by atoms with E-state index >= 15 is 0 Å². The molecule has 25 heavy (non-hydrogen) atoms. The molecular weight excluding hydrogens is 314 g/mol. The number of aromatic nitrogens is 1. The van der Waals surface area contributed by atoms with Gasteiger partial charge in [-0.05, 0) is 23.8 Å². The monoisotopic (exact) mass is 329 g/mol. The van der Waals surface area contributed by atoms with Crippen molar-refractivity contribution in [1.29, 1.82) is 0 Å². The Labute approximate surface area is 143 Å². The van der Waals surface area contributed by atoms with E-state index in [1.54, 1.807) is 6.07 Å². The summed E-state index contributed by atoms with van der Waals surface area (Å²) in [6.45, 7) is 0.729. The fraction of sp³-hybridized carbons (Fsp3) is 0.0952. The molecule has 0 saturated heterocycles. The number of nitrogens with zero attached hydrogens (tertiary/aromatic N) is 1. The van der Waals surface area contributed by atoms with Gasteiger partial charge in [-0.2, -0.15) is 0 Å². The quantitative estimate of drug-likeness (QED) is 0.523. The Hall–Kier alpha value is -3.27. The average molecular weight is 329 g/mol. The van der Waals surface area contributed by atoms with Crippen LogP contribution >= 0.6 is 0 Å². The third-order valence-corrected chi connectivity index (χ3v) is 4.66. The molecule has 4 heteroatoms. The van der Waals surface area contributed by atoms with Gasteiger partial charge in [0.1, 0.15) is 0 Å². The van der Waals surface area contributed by atoms with Gasteiger partial charge in [0.15, 0.2) is 11.5 Å². The van der Waals surface area contributed by atoms with Gasteiger partial charge in [-0.1, -0.05) is 48.5 Å². The van der Waals surface area contributed by atoms with Crippen molar-refractivity contribution in [3.05, 3.63) is 82.6 Å². The number of hydrogen-bond acceptors (Lipinski definition) is 3. The van der Waals surface area contributed by atoms with Crippen LogP contribution in [0.15, 0.2) is 71.5 Å². The smallest absolute Gasteiger partial charge is 0.259 e. The van der Waals surface area contributed by atoms with Crippen molar-refractivity contribution < 1.29 is 9.47 Å². The normalized spacial score (nSPS) is 12.8. The molecule has 0 spiro atoms. The van der Waals surface area contributed by atoms with E-state index in [1.165, 1.54) is 0 Å². The fourth-order valence-corrected chi connectivity index (χ4v) is 3.46. The van der Waals surface area contributed by atoms with Gasteiger partial charge in [-0.3, -0.25) is 4.79 Å². The Morgan fingerprint density at radius 2 is 1.48 bits per heavy atom. The molecule has 0 saturated carbocycles. The van der Waals surface area contributed by atoms with Crippen LogP contribution in [0, 0.1) is 0 Å². The first kappa shape index (κ1) is 14.1. The van der Waals surface area contributed by atoms with Crippen molar-refractivity contribution in [2.45, 2.75) is 6.54 Å². The molecule has 3 aromatic carbocycles. The van der Waals surface area contributed by atoms with Crippen molar-refractivity contribution in [2.75, 3.05) is 6.79 Å². The molecule has 5 rings (SSSR count). The standard InChI is InChI=1S/C21H15NO3/c23-21-17-11-20-19(24-13-25-20)10-16(17)15-8-4-5-9-18(15)22(21)12-14-6-2-1-3-7-14/h1-11H,12-13H2. The molecule has 0 fully saturated rings. The van der Waals surface area contributed by atoms with E-state index in [2.05, 4.69) is 0 Å². The molecule has 0 unspecified atom stereocenters. The van der Waals surface area contributed by atoms with Crippen LogP contribution in [-0.4, -0.2) is 11.4 Å². The first-order valence-electron chi connectivity index (χ1n) is 8.20. The molecule has 0 aliphatic carbocycles. The molecular formula is C21H15NO3. The summed E-state index contributed by atoms with van der Waals surface area (Å²) in [7, 11) is 0. The van der Waals surface area contributed by atoms with Gasteiger partial charge in [-0.25, -0.2) is 0 Å². The second-order valence-electron chi connectivity index (χ2n) is 6.15. The maximum absolute atomic E-state index is 13.2. The number of fused-ring (bicyclic) bond motifs is 4. The molecule has 0 N–H and O–H groups in total. The molecule has 1 aromatic heterocycles. The van der Waals surface area contributed by atoms with Crippen molar-refractivity contribution >= 4 is 21.7 Å². The molecule has 1 aliphatic heterocycles. The fourth-order valence-electron chi connectivity index (χ4n) is 3.46. The topological polar surface area (TPSA) is 40.5 Å². The Morgan fingerprint density at radius 1 is 0.800 bits per heavy atom. The molecule has 0 amide bonds. The van der Waals surface area contributed by atoms with Gasteiger partial charge in [0.25, 0.3) is 5.56 Å². The van der Waals surface area contributed by atoms with Crippen LogP contribution in [0.1, 0.15) is 5.56 Å². The molecule has 4 aromatic rings. The van der Waals surface area contributed by atoms with Gasteiger partial charge in [0.05, 0.1) is 17.4 Å². The van der Waals surface area contributed by atoms with Gasteiger partial charge < -0.3 is 14.0 Å². The predicted octanol–water partition coefficient (Wildman–Crippen LogP) is 3.93. The zero-order valence-corrected chi connectivity index (χ0v) is 13.4. The third kappa shape index (κ3) is 2.18. The summed E-state index contributed by atoms with van der Waals surface area (Å²) in [6.07, 6.45) is 0. The maximum Gasteiger partial charge on any atom is 0.259 e. The molecule has 2 heterocycles. The van der Waals surface area contributed by atoms with Gasteiger partial charge in [0, 0.05) is 10.8 Å². The van der Waals surface area contributed by atoms with E-state index in [-0.39, 0.29) is 12.4 Å². The first-order valence-corrected chi connectivity index (χ1v) is 8.20. The molecule has 0 bridgehead atoms. The lowest BCUT2D eigenvalue weighted by molar-refractivity contribution is 0.174. The van der Waals surface area contributed by atoms with Gasteiger partial charge in [0.2, 0.25) is 6.79 Å². The van der Waals surface area contributed by atoms with Crippen LogP contribution in [0.25, 0.3) is 21.7 Å². The Bertz CT molecular complexity index is 1160. The Kier molecular flexibility index (Phi) is 3.04. The molecule has 122 valence electrons. The Morgan fingerprint density at radius 3 is 2.28 bits per heavy atom. The number of benzene rings is 3. The molecule has 4 nitrogen and oxygen atoms in total. The second-order valence-corrected chi connectivity index (χ2v) is 6.15. The summed E-state index contributed by atoms with van der Waals surface area (Å²) in [5, 5.41) is 2.58. The number of hydrogen-bond donors (Lipinski definition) is 0. The molecule has 0 atom stereocenters. The van der Waals surface area contributed by atoms with Crippen LogP contribution in [0.3, 0.4) is 0 Å². The van der Waals surface area contributed by atoms with Crippen molar-refractivity contribution in [3.8, 4) is 11.5 Å². The highest BCUT2D eigenvalue weighted by Gasteiger charge is 2.18. The largest absolute Gasteiger partial charge is 0.454 e. The number of rotatable bonds is 2. The van der Waals surface area contributed by atoms with E-state index in [0.29, 0.717) is 23.4 Å². The highest BCUT2D eigenvalue weighted by Crippen LogP contribution is 2.37. The maximum atomic E-state index is 13.2. The van der Waals surface area contributed by atoms with Crippen LogP contribution in [-0.2, 0) is 6.54 Å². The van der Waals surface area contributed by atoms with Gasteiger partial charge in [-0.15, -0.1) is 0 Å². The SMILES string of the molecule is O=c1c2cc3c(cc2c2ccccc2n1Cc1ccccc1)OCO3. The lowest BCUT2D eigenvalue weighted by Gasteiger charge is -2.13. The summed E-state index contributed by atoms with van der Waals surface area (Å²) < 4.78 is 12.8. The van der Waals surface area contributed by atoms with Crippen LogP contribution < -0.4 is 15.0 Å². The highest BCUT2D eigenvalue weighted by atomic mass is 16.7. The summed E-state index contributed by atoms with van der Waals surface area (Å²) in [5.41, 5.74) is 1.99. The number of para-hydroxylation sites is 1. The number of ether oxygens (including phenoxy) is 2. The lowest BCUT2D eigenvalue weighted by Crippen LogP contribution is -2.21. The Balaban J connectivity index is 1.85. The summed E-state index contributed by atoms with van der Waals surface area (Å²) >= 11 is 0. The summed E-state index contributed by atoms with van der Waals surface area (Å²) in [4.78, 5) is 13.2. The van der Waals surface area contributed by atoms with Crippen molar-refractivity contribution in [2.24, 2.45) is 0 Å². The van der Waals surface area contributed by atoms with E-state index in [1.807, 2.05) is 65.2 Å². The van der Waals surface area contributed by atoms with Crippen LogP contribution in [0.2, 0.25) is 0 Å². The molecule has 0 radical (unpaired) electrons. The van der Waals surface area contributed by atoms with E-state index in [9.17, 15) is 4.79 Å². The van der Waals surface area contributed by atoms with E-state index in [4.69, 9.17) is 9.47 Å². The second kappa shape index (κ2) is 5.38. The minimum absolute atomic E-state index is 0.0177. The van der Waals surface area contributed by atoms with Crippen molar-refractivity contribution in [3.63, 3.8) is 0 Å². The van der Waals surface area contributed by atoms with Crippen LogP contribution in [0.4, 0.5) is 0 Å². The van der Waals surface area contributed by atoms with Gasteiger partial charge >= 0.3 is 0 Å². The van der Waals surface area contributed by atoms with E-state index in [0.717, 1.165) is 21.9 Å². The lowest BCUT2D eigenvalue weighted by atomic mass is 10.0. The van der Waals surface area contributed by atoms with Crippen LogP contribution in [0.5, 0.6) is 11.5 Å². The third-order valence-electron chi connectivity index (χ3n) is 4.66. The predicted molar refractivity (Wildman–Crippen MR) is 97.4 cm³/mol. The average Bonchev–Trinajstić information content (AvgIpc) is 3.12.